The van der Waals surface area contributed by atoms with Crippen molar-refractivity contribution < 1.29 is 14.0 Å². The first-order valence-corrected chi connectivity index (χ1v) is 11.3. The van der Waals surface area contributed by atoms with Crippen molar-refractivity contribution in [1.82, 2.24) is 4.90 Å². The van der Waals surface area contributed by atoms with Gasteiger partial charge >= 0.3 is 0 Å². The van der Waals surface area contributed by atoms with E-state index in [4.69, 9.17) is 11.6 Å². The molecule has 0 aromatic heterocycles. The van der Waals surface area contributed by atoms with Crippen LogP contribution in [0.15, 0.2) is 47.5 Å². The molecule has 1 fully saturated rings. The van der Waals surface area contributed by atoms with E-state index in [9.17, 15) is 14.0 Å². The third-order valence-electron chi connectivity index (χ3n) is 5.21. The summed E-state index contributed by atoms with van der Waals surface area (Å²) in [5.74, 6) is 1.14. The monoisotopic (exact) mass is 445 g/mol. The summed E-state index contributed by atoms with van der Waals surface area (Å²) in [5.41, 5.74) is 1.73. The van der Waals surface area contributed by atoms with E-state index >= 15 is 0 Å². The molecular weight excluding hydrogens is 425 g/mol. The number of halogens is 2. The van der Waals surface area contributed by atoms with E-state index in [1.165, 1.54) is 6.07 Å². The van der Waals surface area contributed by atoms with E-state index in [2.05, 4.69) is 10.3 Å². The zero-order chi connectivity index (χ0) is 21.1. The van der Waals surface area contributed by atoms with Crippen LogP contribution < -0.4 is 5.32 Å². The van der Waals surface area contributed by atoms with Gasteiger partial charge in [-0.1, -0.05) is 23.7 Å². The zero-order valence-electron chi connectivity index (χ0n) is 16.2. The maximum absolute atomic E-state index is 14.6. The molecule has 2 amide bonds. The lowest BCUT2D eigenvalue weighted by atomic mass is 10.00. The van der Waals surface area contributed by atoms with Crippen LogP contribution in [-0.4, -0.2) is 53.1 Å². The summed E-state index contributed by atoms with van der Waals surface area (Å²) in [5, 5.41) is 3.32. The Kier molecular flexibility index (Phi) is 6.39. The Morgan fingerprint density at radius 3 is 2.73 bits per heavy atom. The number of benzodiazepines with no additional fused rings is 1. The number of fused-ring (bicyclic) bond motifs is 1. The van der Waals surface area contributed by atoms with Crippen LogP contribution in [0.4, 0.5) is 10.1 Å². The third kappa shape index (κ3) is 4.52. The number of hydrogen-bond donors (Lipinski definition) is 1. The SMILES string of the molecule is O=C1Nc2ccc(Cl)cc2C(c2ccccc2F)=NC1CCC(=O)N1CCSCC1. The van der Waals surface area contributed by atoms with Crippen LogP contribution in [0.2, 0.25) is 5.02 Å². The maximum atomic E-state index is 14.6. The molecule has 0 bridgehead atoms. The summed E-state index contributed by atoms with van der Waals surface area (Å²) < 4.78 is 14.6. The lowest BCUT2D eigenvalue weighted by Crippen LogP contribution is -2.38. The topological polar surface area (TPSA) is 61.8 Å². The van der Waals surface area contributed by atoms with Crippen molar-refractivity contribution in [3.05, 3.63) is 64.4 Å². The summed E-state index contributed by atoms with van der Waals surface area (Å²) >= 11 is 8.00. The molecule has 2 aliphatic heterocycles. The fourth-order valence-electron chi connectivity index (χ4n) is 3.62. The van der Waals surface area contributed by atoms with Crippen LogP contribution >= 0.6 is 23.4 Å². The van der Waals surface area contributed by atoms with Crippen LogP contribution in [0.25, 0.3) is 0 Å². The Hall–Kier alpha value is -2.38. The first kappa shape index (κ1) is 20.9. The highest BCUT2D eigenvalue weighted by molar-refractivity contribution is 7.99. The first-order chi connectivity index (χ1) is 14.5. The number of rotatable bonds is 4. The average molecular weight is 446 g/mol. The smallest absolute Gasteiger partial charge is 0.249 e. The predicted molar refractivity (Wildman–Crippen MR) is 119 cm³/mol. The van der Waals surface area contributed by atoms with Gasteiger partial charge in [0.2, 0.25) is 11.8 Å². The number of carbonyl (C=O) groups excluding carboxylic acids is 2. The fraction of sp³-hybridized carbons (Fsp3) is 0.318. The Bertz CT molecular complexity index is 1010. The summed E-state index contributed by atoms with van der Waals surface area (Å²) in [7, 11) is 0. The van der Waals surface area contributed by atoms with Crippen LogP contribution in [0.3, 0.4) is 0 Å². The second-order valence-corrected chi connectivity index (χ2v) is 8.85. The lowest BCUT2D eigenvalue weighted by molar-refractivity contribution is -0.131. The van der Waals surface area contributed by atoms with Crippen LogP contribution in [-0.2, 0) is 9.59 Å². The van der Waals surface area contributed by atoms with Crippen molar-refractivity contribution in [2.75, 3.05) is 29.9 Å². The molecule has 1 saturated heterocycles. The Morgan fingerprint density at radius 1 is 1.20 bits per heavy atom. The molecule has 2 aromatic rings. The number of hydrogen-bond acceptors (Lipinski definition) is 4. The zero-order valence-corrected chi connectivity index (χ0v) is 17.8. The summed E-state index contributed by atoms with van der Waals surface area (Å²) in [4.78, 5) is 31.9. The van der Waals surface area contributed by atoms with Gasteiger partial charge < -0.3 is 10.2 Å². The van der Waals surface area contributed by atoms with Crippen LogP contribution in [0, 0.1) is 5.82 Å². The number of amides is 2. The largest absolute Gasteiger partial charge is 0.341 e. The molecule has 1 atom stereocenters. The van der Waals surface area contributed by atoms with Crippen LogP contribution in [0.5, 0.6) is 0 Å². The number of benzene rings is 2. The quantitative estimate of drug-likeness (QED) is 0.773. The highest BCUT2D eigenvalue weighted by Gasteiger charge is 2.28. The number of carbonyl (C=O) groups is 2. The Balaban J connectivity index is 1.65. The van der Waals surface area contributed by atoms with E-state index in [0.29, 0.717) is 27.5 Å². The first-order valence-electron chi connectivity index (χ1n) is 9.82. The van der Waals surface area contributed by atoms with Crippen molar-refractivity contribution in [2.24, 2.45) is 4.99 Å². The molecule has 2 heterocycles. The molecule has 0 radical (unpaired) electrons. The molecule has 2 aliphatic rings. The highest BCUT2D eigenvalue weighted by atomic mass is 35.5. The molecule has 0 spiro atoms. The van der Waals surface area contributed by atoms with Gasteiger partial charge in [0, 0.05) is 47.2 Å². The minimum atomic E-state index is -0.797. The molecule has 4 rings (SSSR count). The minimum absolute atomic E-state index is 0.0237. The second-order valence-electron chi connectivity index (χ2n) is 7.18. The van der Waals surface area contributed by atoms with Gasteiger partial charge in [-0.05, 0) is 36.8 Å². The lowest BCUT2D eigenvalue weighted by Gasteiger charge is -2.26. The molecule has 0 aliphatic carbocycles. The van der Waals surface area contributed by atoms with Crippen LogP contribution in [0.1, 0.15) is 24.0 Å². The Labute approximate surface area is 183 Å². The second kappa shape index (κ2) is 9.18. The molecule has 30 heavy (non-hydrogen) atoms. The molecule has 156 valence electrons. The van der Waals surface area contributed by atoms with Crippen molar-refractivity contribution in [1.29, 1.82) is 0 Å². The number of nitrogens with zero attached hydrogens (tertiary/aromatic N) is 2. The van der Waals surface area contributed by atoms with Gasteiger partial charge in [0.25, 0.3) is 0 Å². The summed E-state index contributed by atoms with van der Waals surface area (Å²) in [6.45, 7) is 1.46. The fourth-order valence-corrected chi connectivity index (χ4v) is 4.69. The number of thioether (sulfide) groups is 1. The molecule has 8 heteroatoms. The molecule has 0 saturated carbocycles. The van der Waals surface area contributed by atoms with Gasteiger partial charge in [0.05, 0.1) is 11.4 Å². The molecule has 1 unspecified atom stereocenters. The van der Waals surface area contributed by atoms with Gasteiger partial charge in [-0.3, -0.25) is 14.6 Å². The summed E-state index contributed by atoms with van der Waals surface area (Å²) in [6.07, 6.45) is 0.474. The predicted octanol–water partition coefficient (Wildman–Crippen LogP) is 3.99. The van der Waals surface area contributed by atoms with E-state index < -0.39 is 11.9 Å². The highest BCUT2D eigenvalue weighted by Crippen LogP contribution is 2.29. The van der Waals surface area contributed by atoms with Crippen molar-refractivity contribution >= 4 is 46.6 Å². The number of nitrogens with one attached hydrogen (secondary N) is 1. The molecule has 1 N–H and O–H groups in total. The molecular formula is C22H21ClFN3O2S. The van der Waals surface area contributed by atoms with Gasteiger partial charge in [-0.25, -0.2) is 4.39 Å². The molecule has 2 aromatic carbocycles. The van der Waals surface area contributed by atoms with Gasteiger partial charge in [-0.15, -0.1) is 0 Å². The normalized spacial score (nSPS) is 18.9. The minimum Gasteiger partial charge on any atom is -0.341 e. The van der Waals surface area contributed by atoms with Gasteiger partial charge in [0.15, 0.2) is 0 Å². The maximum Gasteiger partial charge on any atom is 0.249 e. The van der Waals surface area contributed by atoms with Crippen molar-refractivity contribution in [3.8, 4) is 0 Å². The van der Waals surface area contributed by atoms with Gasteiger partial charge in [0.1, 0.15) is 11.9 Å². The van der Waals surface area contributed by atoms with Gasteiger partial charge in [-0.2, -0.15) is 11.8 Å². The standard InChI is InChI=1S/C22H21ClFN3O2S/c23-14-5-6-18-16(13-14)21(15-3-1-2-4-17(15)24)25-19(22(29)26-18)7-8-20(28)27-9-11-30-12-10-27/h1-6,13,19H,7-12H2,(H,26,29). The summed E-state index contributed by atoms with van der Waals surface area (Å²) in [6, 6.07) is 10.5. The Morgan fingerprint density at radius 2 is 1.97 bits per heavy atom. The van der Waals surface area contributed by atoms with E-state index in [0.717, 1.165) is 24.6 Å². The van der Waals surface area contributed by atoms with E-state index in [1.807, 2.05) is 16.7 Å². The number of anilines is 1. The third-order valence-corrected chi connectivity index (χ3v) is 6.38. The van der Waals surface area contributed by atoms with E-state index in [-0.39, 0.29) is 24.7 Å². The van der Waals surface area contributed by atoms with Crippen molar-refractivity contribution in [2.45, 2.75) is 18.9 Å². The van der Waals surface area contributed by atoms with E-state index in [1.54, 1.807) is 36.4 Å². The number of aliphatic imine (C=N–C) groups is 1. The van der Waals surface area contributed by atoms with Crippen molar-refractivity contribution in [3.63, 3.8) is 0 Å². The average Bonchev–Trinajstić information content (AvgIpc) is 2.89. The molecule has 5 nitrogen and oxygen atoms in total.